The Balaban J connectivity index is 2.26. The van der Waals surface area contributed by atoms with Crippen LogP contribution in [0.3, 0.4) is 0 Å². The van der Waals surface area contributed by atoms with Gasteiger partial charge in [0.2, 0.25) is 0 Å². The molecule has 0 radical (unpaired) electrons. The van der Waals surface area contributed by atoms with Gasteiger partial charge in [-0.2, -0.15) is 0 Å². The van der Waals surface area contributed by atoms with Crippen molar-refractivity contribution in [1.82, 2.24) is 0 Å². The molecule has 0 aromatic heterocycles. The van der Waals surface area contributed by atoms with Gasteiger partial charge in [-0.25, -0.2) is 0 Å². The van der Waals surface area contributed by atoms with Crippen molar-refractivity contribution in [1.29, 1.82) is 0 Å². The molecule has 0 unspecified atom stereocenters. The van der Waals surface area contributed by atoms with Crippen LogP contribution in [0.15, 0.2) is 11.8 Å². The van der Waals surface area contributed by atoms with Crippen LogP contribution in [0.5, 0.6) is 0 Å². The van der Waals surface area contributed by atoms with Crippen LogP contribution in [-0.2, 0) is 14.3 Å². The molecule has 0 saturated carbocycles. The molecule has 0 bridgehead atoms. The number of methoxy groups -OCH3 is 1. The first-order valence-corrected chi connectivity index (χ1v) is 4.18. The van der Waals surface area contributed by atoms with Gasteiger partial charge in [0, 0.05) is 26.0 Å². The Morgan fingerprint density at radius 2 is 2.25 bits per heavy atom. The average Bonchev–Trinajstić information content (AvgIpc) is 2.05. The van der Waals surface area contributed by atoms with E-state index in [1.165, 1.54) is 0 Å². The summed E-state index contributed by atoms with van der Waals surface area (Å²) in [6.45, 7) is 1.11. The molecule has 0 aromatic rings. The summed E-state index contributed by atoms with van der Waals surface area (Å²) < 4.78 is 10.1. The Hall–Kier alpha value is -0.830. The number of ether oxygens (including phenoxy) is 2. The lowest BCUT2D eigenvalue weighted by Crippen LogP contribution is -2.08. The SMILES string of the molecule is COCCOC1=CC(=O)CCC1. The van der Waals surface area contributed by atoms with Crippen LogP contribution in [0.25, 0.3) is 0 Å². The quantitative estimate of drug-likeness (QED) is 0.596. The van der Waals surface area contributed by atoms with Gasteiger partial charge in [0.05, 0.1) is 12.4 Å². The van der Waals surface area contributed by atoms with E-state index in [1.54, 1.807) is 13.2 Å². The molecule has 68 valence electrons. The fourth-order valence-corrected chi connectivity index (χ4v) is 1.13. The Morgan fingerprint density at radius 3 is 2.92 bits per heavy atom. The van der Waals surface area contributed by atoms with Crippen LogP contribution < -0.4 is 0 Å². The molecule has 0 aliphatic heterocycles. The molecule has 0 fully saturated rings. The Bertz CT molecular complexity index is 184. The lowest BCUT2D eigenvalue weighted by molar-refractivity contribution is -0.115. The maximum absolute atomic E-state index is 10.9. The van der Waals surface area contributed by atoms with Crippen molar-refractivity contribution in [2.75, 3.05) is 20.3 Å². The highest BCUT2D eigenvalue weighted by Gasteiger charge is 2.10. The summed E-state index contributed by atoms with van der Waals surface area (Å²) in [6.07, 6.45) is 4.06. The molecule has 0 aromatic carbocycles. The normalized spacial score (nSPS) is 17.4. The van der Waals surface area contributed by atoms with Crippen molar-refractivity contribution in [3.05, 3.63) is 11.8 Å². The van der Waals surface area contributed by atoms with Crippen molar-refractivity contribution >= 4 is 5.78 Å². The monoisotopic (exact) mass is 170 g/mol. The summed E-state index contributed by atoms with van der Waals surface area (Å²) in [5.41, 5.74) is 0. The summed E-state index contributed by atoms with van der Waals surface area (Å²) in [7, 11) is 1.63. The second-order valence-electron chi connectivity index (χ2n) is 2.77. The number of carbonyl (C=O) groups excluding carboxylic acids is 1. The van der Waals surface area contributed by atoms with Gasteiger partial charge in [-0.1, -0.05) is 0 Å². The standard InChI is InChI=1S/C9H14O3/c1-11-5-6-12-9-4-2-3-8(10)7-9/h7H,2-6H2,1H3. The summed E-state index contributed by atoms with van der Waals surface area (Å²) >= 11 is 0. The lowest BCUT2D eigenvalue weighted by atomic mass is 10.1. The van der Waals surface area contributed by atoms with Crippen LogP contribution in [0.1, 0.15) is 19.3 Å². The number of hydrogen-bond donors (Lipinski definition) is 0. The molecule has 0 N–H and O–H groups in total. The molecular formula is C9H14O3. The summed E-state index contributed by atoms with van der Waals surface area (Å²) in [4.78, 5) is 10.9. The minimum Gasteiger partial charge on any atom is -0.495 e. The van der Waals surface area contributed by atoms with Crippen LogP contribution in [0.2, 0.25) is 0 Å². The molecule has 0 atom stereocenters. The van der Waals surface area contributed by atoms with Gasteiger partial charge in [-0.15, -0.1) is 0 Å². The highest BCUT2D eigenvalue weighted by molar-refractivity contribution is 5.90. The molecular weight excluding hydrogens is 156 g/mol. The van der Waals surface area contributed by atoms with Gasteiger partial charge in [0.25, 0.3) is 0 Å². The molecule has 1 rings (SSSR count). The first-order chi connectivity index (χ1) is 5.83. The van der Waals surface area contributed by atoms with Crippen molar-refractivity contribution in [3.8, 4) is 0 Å². The van der Waals surface area contributed by atoms with Crippen LogP contribution >= 0.6 is 0 Å². The molecule has 0 spiro atoms. The molecule has 1 aliphatic rings. The van der Waals surface area contributed by atoms with E-state index in [1.807, 2.05) is 0 Å². The van der Waals surface area contributed by atoms with E-state index in [0.717, 1.165) is 18.6 Å². The van der Waals surface area contributed by atoms with Crippen LogP contribution in [-0.4, -0.2) is 26.1 Å². The number of allylic oxidation sites excluding steroid dienone is 2. The number of ketones is 1. The summed E-state index contributed by atoms with van der Waals surface area (Å²) in [5, 5.41) is 0. The van der Waals surface area contributed by atoms with E-state index < -0.39 is 0 Å². The smallest absolute Gasteiger partial charge is 0.159 e. The maximum Gasteiger partial charge on any atom is 0.159 e. The van der Waals surface area contributed by atoms with E-state index in [9.17, 15) is 4.79 Å². The zero-order valence-electron chi connectivity index (χ0n) is 7.34. The minimum absolute atomic E-state index is 0.175. The van der Waals surface area contributed by atoms with Crippen molar-refractivity contribution in [2.45, 2.75) is 19.3 Å². The molecule has 0 heterocycles. The maximum atomic E-state index is 10.9. The van der Waals surface area contributed by atoms with Crippen LogP contribution in [0.4, 0.5) is 0 Å². The summed E-state index contributed by atoms with van der Waals surface area (Å²) in [6, 6.07) is 0. The second kappa shape index (κ2) is 4.93. The van der Waals surface area contributed by atoms with E-state index in [0.29, 0.717) is 19.6 Å². The topological polar surface area (TPSA) is 35.5 Å². The predicted octanol–water partition coefficient (Wildman–Crippen LogP) is 1.29. The second-order valence-corrected chi connectivity index (χ2v) is 2.77. The van der Waals surface area contributed by atoms with Gasteiger partial charge in [-0.3, -0.25) is 4.79 Å². The minimum atomic E-state index is 0.175. The third-order valence-electron chi connectivity index (χ3n) is 1.74. The van der Waals surface area contributed by atoms with Gasteiger partial charge in [0.1, 0.15) is 6.61 Å². The number of carbonyl (C=O) groups is 1. The van der Waals surface area contributed by atoms with Gasteiger partial charge in [0.15, 0.2) is 5.78 Å². The number of rotatable bonds is 4. The Morgan fingerprint density at radius 1 is 1.42 bits per heavy atom. The Labute approximate surface area is 72.4 Å². The van der Waals surface area contributed by atoms with Gasteiger partial charge in [-0.05, 0) is 6.42 Å². The van der Waals surface area contributed by atoms with Crippen LogP contribution in [0, 0.1) is 0 Å². The molecule has 3 nitrogen and oxygen atoms in total. The largest absolute Gasteiger partial charge is 0.495 e. The third-order valence-corrected chi connectivity index (χ3v) is 1.74. The average molecular weight is 170 g/mol. The highest BCUT2D eigenvalue weighted by Crippen LogP contribution is 2.15. The summed E-state index contributed by atoms with van der Waals surface area (Å²) in [5.74, 6) is 0.983. The molecule has 12 heavy (non-hydrogen) atoms. The van der Waals surface area contributed by atoms with E-state index >= 15 is 0 Å². The lowest BCUT2D eigenvalue weighted by Gasteiger charge is -2.12. The van der Waals surface area contributed by atoms with Crippen molar-refractivity contribution in [3.63, 3.8) is 0 Å². The molecule has 0 amide bonds. The fourth-order valence-electron chi connectivity index (χ4n) is 1.13. The first kappa shape index (κ1) is 9.26. The van der Waals surface area contributed by atoms with Crippen molar-refractivity contribution in [2.24, 2.45) is 0 Å². The van der Waals surface area contributed by atoms with E-state index in [4.69, 9.17) is 9.47 Å². The highest BCUT2D eigenvalue weighted by atomic mass is 16.5. The van der Waals surface area contributed by atoms with Crippen molar-refractivity contribution < 1.29 is 14.3 Å². The molecule has 1 aliphatic carbocycles. The molecule has 0 saturated heterocycles. The van der Waals surface area contributed by atoms with Gasteiger partial charge >= 0.3 is 0 Å². The zero-order chi connectivity index (χ0) is 8.81. The van der Waals surface area contributed by atoms with E-state index in [2.05, 4.69) is 0 Å². The molecule has 3 heteroatoms. The van der Waals surface area contributed by atoms with Gasteiger partial charge < -0.3 is 9.47 Å². The first-order valence-electron chi connectivity index (χ1n) is 4.18. The zero-order valence-corrected chi connectivity index (χ0v) is 7.34. The van der Waals surface area contributed by atoms with E-state index in [-0.39, 0.29) is 5.78 Å². The number of hydrogen-bond acceptors (Lipinski definition) is 3. The fraction of sp³-hybridized carbons (Fsp3) is 0.667. The third kappa shape index (κ3) is 3.05. The Kier molecular flexibility index (Phi) is 3.80. The predicted molar refractivity (Wildman–Crippen MR) is 44.8 cm³/mol.